The Morgan fingerprint density at radius 2 is 1.79 bits per heavy atom. The normalized spacial score (nSPS) is 18.2. The first-order valence-electron chi connectivity index (χ1n) is 5.87. The molecule has 3 unspecified atom stereocenters. The van der Waals surface area contributed by atoms with E-state index in [1.807, 2.05) is 7.05 Å². The molecule has 0 heterocycles. The van der Waals surface area contributed by atoms with Crippen molar-refractivity contribution in [3.63, 3.8) is 0 Å². The third kappa shape index (κ3) is 4.97. The Bertz CT molecular complexity index is 136. The van der Waals surface area contributed by atoms with Gasteiger partial charge in [-0.2, -0.15) is 0 Å². The zero-order chi connectivity index (χ0) is 11.1. The lowest BCUT2D eigenvalue weighted by atomic mass is 10.0. The average molecular weight is 200 g/mol. The molecule has 14 heavy (non-hydrogen) atoms. The summed E-state index contributed by atoms with van der Waals surface area (Å²) >= 11 is 0. The number of rotatable bonds is 7. The molecule has 86 valence electrons. The van der Waals surface area contributed by atoms with Crippen LogP contribution in [0.25, 0.3) is 0 Å². The van der Waals surface area contributed by atoms with E-state index in [2.05, 4.69) is 45.0 Å². The summed E-state index contributed by atoms with van der Waals surface area (Å²) in [6, 6.07) is 0.663. The molecule has 0 fully saturated rings. The molecule has 0 aromatic heterocycles. The van der Waals surface area contributed by atoms with Crippen molar-refractivity contribution in [2.24, 2.45) is 11.8 Å². The first-order valence-corrected chi connectivity index (χ1v) is 5.87. The molecule has 2 heteroatoms. The molecule has 0 aromatic carbocycles. The van der Waals surface area contributed by atoms with Gasteiger partial charge in [-0.05, 0) is 39.4 Å². The second kappa shape index (κ2) is 7.24. The zero-order valence-corrected chi connectivity index (χ0v) is 10.8. The monoisotopic (exact) mass is 200 g/mol. The molecule has 0 spiro atoms. The van der Waals surface area contributed by atoms with Gasteiger partial charge in [0.15, 0.2) is 0 Å². The molecule has 0 rings (SSSR count). The van der Waals surface area contributed by atoms with Gasteiger partial charge in [-0.25, -0.2) is 0 Å². The minimum Gasteiger partial charge on any atom is -0.319 e. The Balaban J connectivity index is 3.90. The molecular weight excluding hydrogens is 172 g/mol. The van der Waals surface area contributed by atoms with Crippen LogP contribution in [0.4, 0.5) is 0 Å². The van der Waals surface area contributed by atoms with Gasteiger partial charge in [0.1, 0.15) is 0 Å². The van der Waals surface area contributed by atoms with E-state index in [1.165, 1.54) is 13.0 Å². The van der Waals surface area contributed by atoms with Crippen molar-refractivity contribution in [2.75, 3.05) is 27.2 Å². The van der Waals surface area contributed by atoms with E-state index < -0.39 is 0 Å². The van der Waals surface area contributed by atoms with Crippen LogP contribution in [0, 0.1) is 11.8 Å². The van der Waals surface area contributed by atoms with E-state index in [-0.39, 0.29) is 0 Å². The van der Waals surface area contributed by atoms with E-state index in [9.17, 15) is 0 Å². The topological polar surface area (TPSA) is 15.3 Å². The molecule has 0 saturated carbocycles. The molecule has 2 nitrogen and oxygen atoms in total. The maximum atomic E-state index is 3.24. The van der Waals surface area contributed by atoms with Crippen LogP contribution in [0.2, 0.25) is 0 Å². The quantitative estimate of drug-likeness (QED) is 0.678. The predicted octanol–water partition coefficient (Wildman–Crippen LogP) is 2.21. The molecule has 3 atom stereocenters. The Kier molecular flexibility index (Phi) is 7.20. The first-order chi connectivity index (χ1) is 6.52. The van der Waals surface area contributed by atoms with Gasteiger partial charge < -0.3 is 10.2 Å². The standard InChI is InChI=1S/C12H28N2/c1-7-10(2)9-14(6)12(4)11(3)8-13-5/h10-13H,7-9H2,1-6H3. The van der Waals surface area contributed by atoms with Gasteiger partial charge in [0, 0.05) is 12.6 Å². The summed E-state index contributed by atoms with van der Waals surface area (Å²) in [5.74, 6) is 1.53. The highest BCUT2D eigenvalue weighted by Crippen LogP contribution is 2.11. The maximum absolute atomic E-state index is 3.24. The summed E-state index contributed by atoms with van der Waals surface area (Å²) in [6.45, 7) is 11.5. The molecule has 0 amide bonds. The van der Waals surface area contributed by atoms with Crippen LogP contribution in [0.1, 0.15) is 34.1 Å². The molecule has 0 saturated heterocycles. The second-order valence-electron chi connectivity index (χ2n) is 4.73. The van der Waals surface area contributed by atoms with Crippen molar-refractivity contribution < 1.29 is 0 Å². The smallest absolute Gasteiger partial charge is 0.0102 e. The van der Waals surface area contributed by atoms with Crippen LogP contribution in [-0.4, -0.2) is 38.1 Å². The molecule has 0 bridgehead atoms. The predicted molar refractivity (Wildman–Crippen MR) is 64.6 cm³/mol. The molecule has 0 aliphatic carbocycles. The Labute approximate surface area is 90.1 Å². The highest BCUT2D eigenvalue weighted by atomic mass is 15.1. The van der Waals surface area contributed by atoms with Crippen molar-refractivity contribution in [2.45, 2.75) is 40.2 Å². The molecule has 0 aliphatic rings. The van der Waals surface area contributed by atoms with Crippen LogP contribution in [0.15, 0.2) is 0 Å². The Morgan fingerprint density at radius 3 is 2.21 bits per heavy atom. The van der Waals surface area contributed by atoms with E-state index in [4.69, 9.17) is 0 Å². The van der Waals surface area contributed by atoms with Crippen LogP contribution in [0.5, 0.6) is 0 Å². The average Bonchev–Trinajstić information content (AvgIpc) is 2.16. The van der Waals surface area contributed by atoms with Crippen LogP contribution >= 0.6 is 0 Å². The molecular formula is C12H28N2. The number of hydrogen-bond acceptors (Lipinski definition) is 2. The third-order valence-electron chi connectivity index (χ3n) is 3.34. The number of nitrogens with one attached hydrogen (secondary N) is 1. The fourth-order valence-electron chi connectivity index (χ4n) is 1.71. The highest BCUT2D eigenvalue weighted by Gasteiger charge is 2.17. The summed E-state index contributed by atoms with van der Waals surface area (Å²) in [7, 11) is 4.26. The zero-order valence-electron chi connectivity index (χ0n) is 10.8. The van der Waals surface area contributed by atoms with Crippen LogP contribution < -0.4 is 5.32 Å². The van der Waals surface area contributed by atoms with E-state index >= 15 is 0 Å². The fourth-order valence-corrected chi connectivity index (χ4v) is 1.71. The Hall–Kier alpha value is -0.0800. The summed E-state index contributed by atoms with van der Waals surface area (Å²) in [5, 5.41) is 3.24. The van der Waals surface area contributed by atoms with Gasteiger partial charge in [0.25, 0.3) is 0 Å². The maximum Gasteiger partial charge on any atom is 0.0102 e. The van der Waals surface area contributed by atoms with Gasteiger partial charge in [0.05, 0.1) is 0 Å². The highest BCUT2D eigenvalue weighted by molar-refractivity contribution is 4.72. The van der Waals surface area contributed by atoms with Crippen molar-refractivity contribution in [1.82, 2.24) is 10.2 Å². The molecule has 0 radical (unpaired) electrons. The van der Waals surface area contributed by atoms with Gasteiger partial charge in [-0.15, -0.1) is 0 Å². The molecule has 0 aliphatic heterocycles. The molecule has 1 N–H and O–H groups in total. The van der Waals surface area contributed by atoms with Gasteiger partial charge in [0.2, 0.25) is 0 Å². The van der Waals surface area contributed by atoms with Gasteiger partial charge in [-0.3, -0.25) is 0 Å². The minimum absolute atomic E-state index is 0.663. The largest absolute Gasteiger partial charge is 0.319 e. The lowest BCUT2D eigenvalue weighted by Crippen LogP contribution is -2.40. The van der Waals surface area contributed by atoms with E-state index in [0.717, 1.165) is 12.5 Å². The van der Waals surface area contributed by atoms with E-state index in [0.29, 0.717) is 12.0 Å². The summed E-state index contributed by atoms with van der Waals surface area (Å²) in [4.78, 5) is 2.48. The van der Waals surface area contributed by atoms with Gasteiger partial charge in [-0.1, -0.05) is 27.2 Å². The number of hydrogen-bond donors (Lipinski definition) is 1. The summed E-state index contributed by atoms with van der Waals surface area (Å²) < 4.78 is 0. The fraction of sp³-hybridized carbons (Fsp3) is 1.00. The van der Waals surface area contributed by atoms with Crippen molar-refractivity contribution in [3.8, 4) is 0 Å². The lowest BCUT2D eigenvalue weighted by Gasteiger charge is -2.31. The van der Waals surface area contributed by atoms with Crippen molar-refractivity contribution in [1.29, 1.82) is 0 Å². The van der Waals surface area contributed by atoms with Crippen LogP contribution in [-0.2, 0) is 0 Å². The summed E-state index contributed by atoms with van der Waals surface area (Å²) in [5.41, 5.74) is 0. The minimum atomic E-state index is 0.663. The second-order valence-corrected chi connectivity index (χ2v) is 4.73. The Morgan fingerprint density at radius 1 is 1.21 bits per heavy atom. The first kappa shape index (κ1) is 13.9. The lowest BCUT2D eigenvalue weighted by molar-refractivity contribution is 0.173. The van der Waals surface area contributed by atoms with Crippen molar-refractivity contribution in [3.05, 3.63) is 0 Å². The molecule has 0 aromatic rings. The van der Waals surface area contributed by atoms with Gasteiger partial charge >= 0.3 is 0 Å². The van der Waals surface area contributed by atoms with Crippen LogP contribution in [0.3, 0.4) is 0 Å². The third-order valence-corrected chi connectivity index (χ3v) is 3.34. The van der Waals surface area contributed by atoms with Crippen molar-refractivity contribution >= 4 is 0 Å². The number of nitrogens with zero attached hydrogens (tertiary/aromatic N) is 1. The SMILES string of the molecule is CCC(C)CN(C)C(C)C(C)CNC. The van der Waals surface area contributed by atoms with E-state index in [1.54, 1.807) is 0 Å². The summed E-state index contributed by atoms with van der Waals surface area (Å²) in [6.07, 6.45) is 1.28.